The van der Waals surface area contributed by atoms with E-state index in [-0.39, 0.29) is 59.0 Å². The summed E-state index contributed by atoms with van der Waals surface area (Å²) >= 11 is 0. The number of carbonyl (C=O) groups is 3. The Balaban J connectivity index is 1.69. The third kappa shape index (κ3) is 9.77. The lowest BCUT2D eigenvalue weighted by atomic mass is 9.84. The van der Waals surface area contributed by atoms with Crippen LogP contribution in [0, 0.1) is 10.1 Å². The number of nitro groups is 1. The van der Waals surface area contributed by atoms with Gasteiger partial charge in [0.25, 0.3) is 5.69 Å². The molecule has 3 aromatic carbocycles. The molecule has 0 spiro atoms. The highest BCUT2D eigenvalue weighted by Gasteiger charge is 2.31. The lowest BCUT2D eigenvalue weighted by Crippen LogP contribution is -2.27. The van der Waals surface area contributed by atoms with Crippen LogP contribution in [0.4, 0.5) is 5.69 Å². The van der Waals surface area contributed by atoms with E-state index in [1.807, 2.05) is 0 Å². The molecule has 0 aliphatic carbocycles. The minimum atomic E-state index is -0.940. The maximum Gasteiger partial charge on any atom is 0.342 e. The van der Waals surface area contributed by atoms with Gasteiger partial charge in [-0.05, 0) is 74.4 Å². The van der Waals surface area contributed by atoms with Crippen molar-refractivity contribution in [1.29, 1.82) is 0 Å². The zero-order chi connectivity index (χ0) is 37.1. The number of allylic oxidation sites excluding steroid dienone is 1. The number of nitrogens with one attached hydrogen (secondary N) is 1. The molecular weight excluding hydrogens is 660 g/mol. The lowest BCUT2D eigenvalue weighted by molar-refractivity contribution is -0.385. The first-order valence-corrected chi connectivity index (χ1v) is 16.7. The van der Waals surface area contributed by atoms with Crippen molar-refractivity contribution in [2.24, 2.45) is 0 Å². The SMILES string of the molecule is COc1ccc(C(CC(=O)NCCc2cc(OC)c(OC)cc2[N+](=O)[O-])c2c(O)cc3c(c2O)C(=O)O[C@@H](C)CCCC(=O)CCCC=C3)cc1. The van der Waals surface area contributed by atoms with Crippen LogP contribution in [0.25, 0.3) is 6.08 Å². The van der Waals surface area contributed by atoms with Crippen LogP contribution in [0.15, 0.2) is 48.5 Å². The third-order valence-electron chi connectivity index (χ3n) is 8.81. The third-order valence-corrected chi connectivity index (χ3v) is 8.81. The summed E-state index contributed by atoms with van der Waals surface area (Å²) < 4.78 is 21.5. The van der Waals surface area contributed by atoms with Crippen LogP contribution in [0.2, 0.25) is 0 Å². The highest BCUT2D eigenvalue weighted by atomic mass is 16.6. The van der Waals surface area contributed by atoms with Crippen molar-refractivity contribution < 1.29 is 48.5 Å². The van der Waals surface area contributed by atoms with E-state index in [4.69, 9.17) is 18.9 Å². The number of carbonyl (C=O) groups excluding carboxylic acids is 3. The number of phenolic OH excluding ortho intramolecular Hbond substituents is 2. The maximum absolute atomic E-state index is 13.6. The Morgan fingerprint density at radius 2 is 1.71 bits per heavy atom. The fourth-order valence-electron chi connectivity index (χ4n) is 6.12. The van der Waals surface area contributed by atoms with Crippen LogP contribution in [-0.4, -0.2) is 66.8 Å². The van der Waals surface area contributed by atoms with Gasteiger partial charge in [0.15, 0.2) is 11.5 Å². The molecule has 0 saturated heterocycles. The van der Waals surface area contributed by atoms with Gasteiger partial charge in [0.2, 0.25) is 5.91 Å². The molecule has 13 nitrogen and oxygen atoms in total. The van der Waals surface area contributed by atoms with E-state index in [0.29, 0.717) is 61.2 Å². The van der Waals surface area contributed by atoms with Crippen molar-refractivity contribution in [1.82, 2.24) is 5.32 Å². The lowest BCUT2D eigenvalue weighted by Gasteiger charge is -2.23. The van der Waals surface area contributed by atoms with Gasteiger partial charge >= 0.3 is 5.97 Å². The zero-order valence-electron chi connectivity index (χ0n) is 29.2. The Morgan fingerprint density at radius 1 is 1.02 bits per heavy atom. The number of hydrogen-bond acceptors (Lipinski definition) is 11. The average molecular weight is 705 g/mol. The number of methoxy groups -OCH3 is 3. The number of ether oxygens (including phenoxy) is 4. The van der Waals surface area contributed by atoms with Crippen molar-refractivity contribution in [2.75, 3.05) is 27.9 Å². The number of hydrogen-bond donors (Lipinski definition) is 3. The number of esters is 1. The van der Waals surface area contributed by atoms with E-state index in [1.54, 1.807) is 43.3 Å². The molecule has 0 aromatic heterocycles. The van der Waals surface area contributed by atoms with E-state index in [9.17, 15) is 34.7 Å². The van der Waals surface area contributed by atoms with E-state index in [2.05, 4.69) is 5.32 Å². The molecule has 0 bridgehead atoms. The highest BCUT2D eigenvalue weighted by molar-refractivity contribution is 5.98. The van der Waals surface area contributed by atoms with Crippen molar-refractivity contribution in [3.63, 3.8) is 0 Å². The Morgan fingerprint density at radius 3 is 2.37 bits per heavy atom. The van der Waals surface area contributed by atoms with Crippen molar-refractivity contribution >= 4 is 29.4 Å². The van der Waals surface area contributed by atoms with Crippen LogP contribution >= 0.6 is 0 Å². The largest absolute Gasteiger partial charge is 0.507 e. The maximum atomic E-state index is 13.6. The van der Waals surface area contributed by atoms with Gasteiger partial charge in [0, 0.05) is 42.9 Å². The van der Waals surface area contributed by atoms with E-state index in [1.165, 1.54) is 39.5 Å². The molecule has 1 aliphatic rings. The molecule has 1 amide bonds. The number of benzene rings is 3. The molecule has 2 atom stereocenters. The van der Waals surface area contributed by atoms with Crippen molar-refractivity contribution in [3.8, 4) is 28.7 Å². The van der Waals surface area contributed by atoms with Gasteiger partial charge in [-0.2, -0.15) is 0 Å². The van der Waals surface area contributed by atoms with Gasteiger partial charge in [-0.3, -0.25) is 19.7 Å². The van der Waals surface area contributed by atoms with Crippen LogP contribution < -0.4 is 19.5 Å². The number of rotatable bonds is 11. The molecule has 4 rings (SSSR count). The average Bonchev–Trinajstić information content (AvgIpc) is 3.10. The molecule has 3 N–H and O–H groups in total. The first kappa shape index (κ1) is 38.2. The second-order valence-corrected chi connectivity index (χ2v) is 12.3. The predicted molar refractivity (Wildman–Crippen MR) is 189 cm³/mol. The minimum Gasteiger partial charge on any atom is -0.507 e. The van der Waals surface area contributed by atoms with E-state index < -0.39 is 34.6 Å². The first-order valence-electron chi connectivity index (χ1n) is 16.7. The van der Waals surface area contributed by atoms with Crippen molar-refractivity contribution in [2.45, 2.75) is 70.3 Å². The number of amides is 1. The summed E-state index contributed by atoms with van der Waals surface area (Å²) in [5.74, 6) is -1.91. The Bertz CT molecular complexity index is 1770. The molecule has 1 unspecified atom stereocenters. The quantitative estimate of drug-likeness (QED) is 0.114. The Kier molecular flexibility index (Phi) is 13.4. The number of nitrogens with zero attached hydrogens (tertiary/aromatic N) is 1. The standard InChI is InChI=1S/C38H44N2O11/c1-23-9-8-12-27(41)11-7-5-6-10-26-19-31(42)36(37(44)35(26)38(45)51-23)29(24-13-15-28(48-2)16-14-24)21-34(43)39-18-17-25-20-32(49-3)33(50-4)22-30(25)40(46)47/h6,10,13-16,19-20,22-23,29,42,44H,5,7-9,11-12,17-18,21H2,1-4H3,(H,39,43)/t23-,29?/m0/s1. The summed E-state index contributed by atoms with van der Waals surface area (Å²) in [6.45, 7) is 1.73. The topological polar surface area (TPSA) is 184 Å². The normalized spacial score (nSPS) is 15.9. The fourth-order valence-corrected chi connectivity index (χ4v) is 6.12. The molecule has 1 heterocycles. The number of fused-ring (bicyclic) bond motifs is 1. The molecule has 3 aromatic rings. The van der Waals surface area contributed by atoms with Gasteiger partial charge in [-0.15, -0.1) is 0 Å². The van der Waals surface area contributed by atoms with Crippen LogP contribution in [0.1, 0.15) is 90.4 Å². The molecule has 13 heteroatoms. The Hall–Kier alpha value is -5.59. The first-order chi connectivity index (χ1) is 24.5. The zero-order valence-corrected chi connectivity index (χ0v) is 29.2. The highest BCUT2D eigenvalue weighted by Crippen LogP contribution is 2.44. The Labute approximate surface area is 296 Å². The van der Waals surface area contributed by atoms with Crippen LogP contribution in [-0.2, 0) is 20.7 Å². The van der Waals surface area contributed by atoms with Gasteiger partial charge in [-0.1, -0.05) is 24.3 Å². The van der Waals surface area contributed by atoms with E-state index >= 15 is 0 Å². The monoisotopic (exact) mass is 704 g/mol. The second kappa shape index (κ2) is 17.9. The molecule has 1 aliphatic heterocycles. The summed E-state index contributed by atoms with van der Waals surface area (Å²) in [5.41, 5.74) is 0.687. The van der Waals surface area contributed by atoms with Gasteiger partial charge in [0.05, 0.1) is 38.4 Å². The number of ketones is 1. The van der Waals surface area contributed by atoms with Crippen LogP contribution in [0.5, 0.6) is 28.7 Å². The summed E-state index contributed by atoms with van der Waals surface area (Å²) in [4.78, 5) is 50.5. The summed E-state index contributed by atoms with van der Waals surface area (Å²) in [6, 6.07) is 10.8. The van der Waals surface area contributed by atoms with E-state index in [0.717, 1.165) is 0 Å². The minimum absolute atomic E-state index is 0.0211. The van der Waals surface area contributed by atoms with Crippen LogP contribution in [0.3, 0.4) is 0 Å². The fraction of sp³-hybridized carbons (Fsp3) is 0.395. The summed E-state index contributed by atoms with van der Waals surface area (Å²) in [7, 11) is 4.29. The second-order valence-electron chi connectivity index (χ2n) is 12.3. The molecule has 0 fully saturated rings. The number of cyclic esters (lactones) is 1. The molecule has 51 heavy (non-hydrogen) atoms. The molecule has 272 valence electrons. The van der Waals surface area contributed by atoms with Gasteiger partial charge < -0.3 is 34.5 Å². The number of Topliss-reactive ketones (excluding diaryl/α,β-unsaturated/α-hetero) is 1. The molecule has 0 radical (unpaired) electrons. The molecule has 0 saturated carbocycles. The predicted octanol–water partition coefficient (Wildman–Crippen LogP) is 6.39. The number of nitro benzene ring substituents is 1. The van der Waals surface area contributed by atoms with Gasteiger partial charge in [-0.25, -0.2) is 4.79 Å². The summed E-state index contributed by atoms with van der Waals surface area (Å²) in [5, 5.41) is 37.7. The number of phenols is 2. The smallest absolute Gasteiger partial charge is 0.342 e. The van der Waals surface area contributed by atoms with Gasteiger partial charge in [0.1, 0.15) is 28.6 Å². The number of aromatic hydroxyl groups is 2. The van der Waals surface area contributed by atoms with Crippen molar-refractivity contribution in [3.05, 3.63) is 86.5 Å². The summed E-state index contributed by atoms with van der Waals surface area (Å²) in [6.07, 6.45) is 5.63. The molecular formula is C38H44N2O11.